The second-order valence-corrected chi connectivity index (χ2v) is 6.70. The maximum absolute atomic E-state index is 12.9. The molecule has 1 N–H and O–H groups in total. The van der Waals surface area contributed by atoms with Crippen LogP contribution in [0, 0.1) is 0 Å². The van der Waals surface area contributed by atoms with Gasteiger partial charge in [-0.1, -0.05) is 69.7 Å². The molecule has 28 heavy (non-hydrogen) atoms. The van der Waals surface area contributed by atoms with Gasteiger partial charge in [-0.05, 0) is 30.0 Å². The lowest BCUT2D eigenvalue weighted by Gasteiger charge is -2.06. The fraction of sp³-hybridized carbons (Fsp3) is 0.250. The number of aliphatic hydroxyl groups excluding tert-OH is 1. The van der Waals surface area contributed by atoms with Crippen LogP contribution < -0.4 is 5.56 Å². The molecule has 4 nitrogen and oxygen atoms in total. The first-order chi connectivity index (χ1) is 13.7. The zero-order chi connectivity index (χ0) is 20.1. The molecule has 0 spiro atoms. The van der Waals surface area contributed by atoms with Gasteiger partial charge in [0.15, 0.2) is 0 Å². The summed E-state index contributed by atoms with van der Waals surface area (Å²) in [5.41, 5.74) is 2.46. The molecule has 5 rings (SSSR count). The minimum absolute atomic E-state index is 0.00278. The molecule has 0 fully saturated rings. The summed E-state index contributed by atoms with van der Waals surface area (Å²) in [7, 11) is 0. The van der Waals surface area contributed by atoms with Crippen LogP contribution in [0.1, 0.15) is 33.6 Å². The second-order valence-electron chi connectivity index (χ2n) is 6.70. The Morgan fingerprint density at radius 3 is 2.14 bits per heavy atom. The Hall–Kier alpha value is -2.98. The average molecular weight is 374 g/mol. The molecular weight excluding hydrogens is 348 g/mol. The van der Waals surface area contributed by atoms with E-state index in [1.165, 1.54) is 6.42 Å². The van der Waals surface area contributed by atoms with Crippen molar-refractivity contribution < 1.29 is 5.11 Å². The first kappa shape index (κ1) is 19.8. The normalized spacial score (nSPS) is 10.7. The van der Waals surface area contributed by atoms with E-state index in [-0.39, 0.29) is 5.56 Å². The van der Waals surface area contributed by atoms with Gasteiger partial charge in [-0.15, -0.1) is 0 Å². The van der Waals surface area contributed by atoms with Crippen LogP contribution in [0.4, 0.5) is 0 Å². The molecular formula is C24H26N2O2. The molecule has 2 aromatic heterocycles. The Morgan fingerprint density at radius 1 is 0.893 bits per heavy atom. The highest BCUT2D eigenvalue weighted by atomic mass is 16.2. The predicted octanol–water partition coefficient (Wildman–Crippen LogP) is 5.40. The van der Waals surface area contributed by atoms with E-state index in [2.05, 4.69) is 18.8 Å². The molecule has 0 saturated carbocycles. The molecule has 0 aliphatic rings. The number of fused-ring (bicyclic) bond motifs is 4. The highest BCUT2D eigenvalue weighted by Gasteiger charge is 2.14. The molecule has 0 radical (unpaired) electrons. The Balaban J connectivity index is 0.000000283. The summed E-state index contributed by atoms with van der Waals surface area (Å²) < 4.78 is 1.73. The van der Waals surface area contributed by atoms with Crippen molar-refractivity contribution in [2.24, 2.45) is 0 Å². The lowest BCUT2D eigenvalue weighted by molar-refractivity contribution is 0.295. The SMILES string of the molecule is CCC.CCCO.O=c1c2cccc3cccc(c32)c2nc3ccccc3n12. The van der Waals surface area contributed by atoms with Crippen molar-refractivity contribution in [1.29, 1.82) is 0 Å². The van der Waals surface area contributed by atoms with Crippen LogP contribution in [-0.4, -0.2) is 21.1 Å². The van der Waals surface area contributed by atoms with Crippen molar-refractivity contribution in [2.45, 2.75) is 33.6 Å². The predicted molar refractivity (Wildman–Crippen MR) is 119 cm³/mol. The van der Waals surface area contributed by atoms with Crippen molar-refractivity contribution in [3.8, 4) is 0 Å². The summed E-state index contributed by atoms with van der Waals surface area (Å²) in [6, 6.07) is 19.7. The number of rotatable bonds is 1. The van der Waals surface area contributed by atoms with Gasteiger partial charge in [-0.3, -0.25) is 9.20 Å². The summed E-state index contributed by atoms with van der Waals surface area (Å²) >= 11 is 0. The third kappa shape index (κ3) is 3.43. The van der Waals surface area contributed by atoms with Crippen LogP contribution in [0.25, 0.3) is 38.2 Å². The first-order valence-electron chi connectivity index (χ1n) is 9.83. The fourth-order valence-corrected chi connectivity index (χ4v) is 3.24. The number of aliphatic hydroxyl groups is 1. The Labute approximate surface area is 164 Å². The number of hydrogen-bond acceptors (Lipinski definition) is 3. The van der Waals surface area contributed by atoms with Crippen LogP contribution >= 0.6 is 0 Å². The Kier molecular flexibility index (Phi) is 6.22. The van der Waals surface area contributed by atoms with E-state index < -0.39 is 0 Å². The molecule has 0 aliphatic carbocycles. The lowest BCUT2D eigenvalue weighted by atomic mass is 10.0. The zero-order valence-corrected chi connectivity index (χ0v) is 16.6. The van der Waals surface area contributed by atoms with Gasteiger partial charge in [0.05, 0.1) is 11.0 Å². The number of para-hydroxylation sites is 2. The van der Waals surface area contributed by atoms with Crippen LogP contribution in [0.5, 0.6) is 0 Å². The maximum atomic E-state index is 12.9. The van der Waals surface area contributed by atoms with Gasteiger partial charge in [-0.2, -0.15) is 0 Å². The van der Waals surface area contributed by atoms with Crippen LogP contribution in [0.2, 0.25) is 0 Å². The topological polar surface area (TPSA) is 54.6 Å². The van der Waals surface area contributed by atoms with Gasteiger partial charge >= 0.3 is 0 Å². The Bertz CT molecular complexity index is 1250. The smallest absolute Gasteiger partial charge is 0.264 e. The van der Waals surface area contributed by atoms with Crippen molar-refractivity contribution in [1.82, 2.24) is 9.38 Å². The molecule has 144 valence electrons. The van der Waals surface area contributed by atoms with Gasteiger partial charge < -0.3 is 5.11 Å². The molecule has 3 aromatic carbocycles. The van der Waals surface area contributed by atoms with E-state index in [4.69, 9.17) is 5.11 Å². The second kappa shape index (κ2) is 8.81. The Morgan fingerprint density at radius 2 is 1.50 bits per heavy atom. The largest absolute Gasteiger partial charge is 0.396 e. The van der Waals surface area contributed by atoms with Crippen molar-refractivity contribution in [2.75, 3.05) is 6.61 Å². The number of benzene rings is 3. The maximum Gasteiger partial charge on any atom is 0.264 e. The van der Waals surface area contributed by atoms with Crippen molar-refractivity contribution in [3.05, 3.63) is 71.0 Å². The molecule has 4 heteroatoms. The van der Waals surface area contributed by atoms with Gasteiger partial charge in [0, 0.05) is 22.8 Å². The number of aromatic nitrogens is 2. The highest BCUT2D eigenvalue weighted by molar-refractivity contribution is 6.15. The molecule has 5 aromatic rings. The van der Waals surface area contributed by atoms with Gasteiger partial charge in [-0.25, -0.2) is 4.98 Å². The molecule has 0 aliphatic heterocycles. The zero-order valence-electron chi connectivity index (χ0n) is 16.6. The number of nitrogens with zero attached hydrogens (tertiary/aromatic N) is 2. The summed E-state index contributed by atoms with van der Waals surface area (Å²) in [5.74, 6) is 0. The van der Waals surface area contributed by atoms with Crippen LogP contribution in [0.15, 0.2) is 65.5 Å². The summed E-state index contributed by atoms with van der Waals surface area (Å²) in [6.07, 6.45) is 2.12. The standard InChI is InChI=1S/C18H10N2O.C3H8O.C3H8/c21-18-13-8-4-6-11-5-3-7-12(16(11)13)17-19-14-9-1-2-10-15(14)20(17)18;1-2-3-4;1-3-2/h1-10H;4H,2-3H2,1H3;3H2,1-2H3. The highest BCUT2D eigenvalue weighted by Crippen LogP contribution is 2.29. The van der Waals surface area contributed by atoms with Crippen LogP contribution in [-0.2, 0) is 0 Å². The molecule has 0 amide bonds. The van der Waals surface area contributed by atoms with E-state index in [1.807, 2.05) is 67.6 Å². The van der Waals surface area contributed by atoms with E-state index in [0.29, 0.717) is 6.61 Å². The summed E-state index contributed by atoms with van der Waals surface area (Å²) in [6.45, 7) is 6.50. The van der Waals surface area contributed by atoms with E-state index in [9.17, 15) is 4.79 Å². The van der Waals surface area contributed by atoms with E-state index in [0.717, 1.165) is 44.6 Å². The van der Waals surface area contributed by atoms with Crippen molar-refractivity contribution in [3.63, 3.8) is 0 Å². The van der Waals surface area contributed by atoms with Crippen molar-refractivity contribution >= 4 is 38.2 Å². The lowest BCUT2D eigenvalue weighted by Crippen LogP contribution is -2.13. The minimum atomic E-state index is 0.00278. The average Bonchev–Trinajstić information content (AvgIpc) is 3.12. The molecule has 0 atom stereocenters. The van der Waals surface area contributed by atoms with Gasteiger partial charge in [0.25, 0.3) is 5.56 Å². The number of imidazole rings is 1. The molecule has 0 unspecified atom stereocenters. The van der Waals surface area contributed by atoms with E-state index in [1.54, 1.807) is 4.40 Å². The minimum Gasteiger partial charge on any atom is -0.396 e. The number of hydrogen-bond donors (Lipinski definition) is 1. The molecule has 2 heterocycles. The first-order valence-corrected chi connectivity index (χ1v) is 9.83. The van der Waals surface area contributed by atoms with Crippen LogP contribution in [0.3, 0.4) is 0 Å². The van der Waals surface area contributed by atoms with Gasteiger partial charge in [0.2, 0.25) is 0 Å². The molecule has 0 saturated heterocycles. The summed E-state index contributed by atoms with van der Waals surface area (Å²) in [5, 5.41) is 11.7. The summed E-state index contributed by atoms with van der Waals surface area (Å²) in [4.78, 5) is 17.6. The number of pyridine rings is 1. The third-order valence-electron chi connectivity index (χ3n) is 4.36. The fourth-order valence-electron chi connectivity index (χ4n) is 3.24. The molecule has 0 bridgehead atoms. The quantitative estimate of drug-likeness (QED) is 0.427. The van der Waals surface area contributed by atoms with E-state index >= 15 is 0 Å². The monoisotopic (exact) mass is 374 g/mol. The van der Waals surface area contributed by atoms with Gasteiger partial charge in [0.1, 0.15) is 5.65 Å². The third-order valence-corrected chi connectivity index (χ3v) is 4.36.